The van der Waals surface area contributed by atoms with E-state index in [9.17, 15) is 18.5 Å². The smallest absolute Gasteiger partial charge is 0.270 e. The van der Waals surface area contributed by atoms with Crippen LogP contribution in [0.4, 0.5) is 22.2 Å². The highest BCUT2D eigenvalue weighted by atomic mass is 35.5. The lowest BCUT2D eigenvalue weighted by Crippen LogP contribution is -2.31. The van der Waals surface area contributed by atoms with Gasteiger partial charge in [0, 0.05) is 30.9 Å². The van der Waals surface area contributed by atoms with E-state index in [0.29, 0.717) is 10.0 Å². The maximum absolute atomic E-state index is 13.0. The van der Waals surface area contributed by atoms with Crippen molar-refractivity contribution in [2.45, 2.75) is 18.7 Å². The van der Waals surface area contributed by atoms with E-state index in [1.54, 1.807) is 13.8 Å². The third kappa shape index (κ3) is 5.85. The predicted molar refractivity (Wildman–Crippen MR) is 131 cm³/mol. The Morgan fingerprint density at radius 1 is 1.21 bits per heavy atom. The SMILES string of the molecule is CCN(CC)S(=O)(=O)c1cc([N+](=O)[O-])ccc1N/N=C\c1sc(Nc2ccccc2)nc1Cl. The quantitative estimate of drug-likeness (QED) is 0.225. The van der Waals surface area contributed by atoms with E-state index in [4.69, 9.17) is 11.6 Å². The van der Waals surface area contributed by atoms with Gasteiger partial charge in [-0.2, -0.15) is 9.41 Å². The van der Waals surface area contributed by atoms with E-state index >= 15 is 0 Å². The van der Waals surface area contributed by atoms with Gasteiger partial charge in [0.05, 0.1) is 21.7 Å². The summed E-state index contributed by atoms with van der Waals surface area (Å²) in [7, 11) is -3.97. The topological polar surface area (TPSA) is 130 Å². The average molecular weight is 509 g/mol. The average Bonchev–Trinajstić information content (AvgIpc) is 3.13. The molecule has 2 N–H and O–H groups in total. The molecule has 33 heavy (non-hydrogen) atoms. The number of hydrogen-bond acceptors (Lipinski definition) is 9. The number of thiazole rings is 1. The van der Waals surface area contributed by atoms with Crippen molar-refractivity contribution in [3.8, 4) is 0 Å². The molecule has 0 aliphatic rings. The van der Waals surface area contributed by atoms with Crippen LogP contribution in [-0.4, -0.2) is 41.9 Å². The number of nitro benzene ring substituents is 1. The highest BCUT2D eigenvalue weighted by Crippen LogP contribution is 2.30. The van der Waals surface area contributed by atoms with Gasteiger partial charge in [0.15, 0.2) is 10.3 Å². The highest BCUT2D eigenvalue weighted by Gasteiger charge is 2.27. The lowest BCUT2D eigenvalue weighted by atomic mass is 10.3. The van der Waals surface area contributed by atoms with Crippen molar-refractivity contribution in [1.82, 2.24) is 9.29 Å². The first-order valence-electron chi connectivity index (χ1n) is 9.82. The van der Waals surface area contributed by atoms with Gasteiger partial charge in [-0.05, 0) is 18.2 Å². The summed E-state index contributed by atoms with van der Waals surface area (Å²) in [6.45, 7) is 3.82. The molecule has 1 heterocycles. The van der Waals surface area contributed by atoms with Crippen molar-refractivity contribution in [2.24, 2.45) is 5.10 Å². The minimum atomic E-state index is -3.97. The van der Waals surface area contributed by atoms with Crippen LogP contribution in [0.5, 0.6) is 0 Å². The monoisotopic (exact) mass is 508 g/mol. The molecule has 174 valence electrons. The molecule has 0 unspecified atom stereocenters. The zero-order valence-electron chi connectivity index (χ0n) is 17.7. The normalized spacial score (nSPS) is 11.8. The third-order valence-electron chi connectivity index (χ3n) is 4.50. The number of hydrazone groups is 1. The second-order valence-electron chi connectivity index (χ2n) is 6.56. The largest absolute Gasteiger partial charge is 0.331 e. The molecule has 0 fully saturated rings. The van der Waals surface area contributed by atoms with Crippen molar-refractivity contribution in [2.75, 3.05) is 23.8 Å². The molecule has 3 aromatic rings. The summed E-state index contributed by atoms with van der Waals surface area (Å²) in [4.78, 5) is 15.1. The molecule has 3 rings (SSSR count). The summed E-state index contributed by atoms with van der Waals surface area (Å²) < 4.78 is 27.3. The van der Waals surface area contributed by atoms with Crippen molar-refractivity contribution in [3.63, 3.8) is 0 Å². The van der Waals surface area contributed by atoms with Gasteiger partial charge in [-0.3, -0.25) is 15.5 Å². The van der Waals surface area contributed by atoms with Crippen LogP contribution < -0.4 is 10.7 Å². The second-order valence-corrected chi connectivity index (χ2v) is 9.86. The van der Waals surface area contributed by atoms with Crippen LogP contribution in [0.15, 0.2) is 58.5 Å². The minimum absolute atomic E-state index is 0.104. The Morgan fingerprint density at radius 2 is 1.91 bits per heavy atom. The first-order valence-corrected chi connectivity index (χ1v) is 12.5. The van der Waals surface area contributed by atoms with Gasteiger partial charge in [0.1, 0.15) is 4.90 Å². The van der Waals surface area contributed by atoms with Crippen LogP contribution in [0.2, 0.25) is 5.15 Å². The predicted octanol–water partition coefficient (Wildman–Crippen LogP) is 4.92. The zero-order chi connectivity index (χ0) is 24.0. The molecule has 0 bridgehead atoms. The maximum Gasteiger partial charge on any atom is 0.270 e. The van der Waals surface area contributed by atoms with Crippen molar-refractivity contribution in [1.29, 1.82) is 0 Å². The maximum atomic E-state index is 13.0. The first-order chi connectivity index (χ1) is 15.8. The number of hydrogen-bond donors (Lipinski definition) is 2. The van der Waals surface area contributed by atoms with E-state index in [1.165, 1.54) is 34.0 Å². The number of aromatic nitrogens is 1. The van der Waals surface area contributed by atoms with Crippen LogP contribution in [0.3, 0.4) is 0 Å². The summed E-state index contributed by atoms with van der Waals surface area (Å²) in [6.07, 6.45) is 1.41. The number of halogens is 1. The van der Waals surface area contributed by atoms with Gasteiger partial charge in [-0.1, -0.05) is 55.0 Å². The number of anilines is 3. The minimum Gasteiger partial charge on any atom is -0.331 e. The molecule has 0 spiro atoms. The first kappa shape index (κ1) is 24.6. The molecule has 0 radical (unpaired) electrons. The number of nitro groups is 1. The van der Waals surface area contributed by atoms with E-state index < -0.39 is 14.9 Å². The summed E-state index contributed by atoms with van der Waals surface area (Å²) >= 11 is 7.45. The molecule has 10 nitrogen and oxygen atoms in total. The third-order valence-corrected chi connectivity index (χ3v) is 7.90. The van der Waals surface area contributed by atoms with Crippen molar-refractivity contribution < 1.29 is 13.3 Å². The Morgan fingerprint density at radius 3 is 2.55 bits per heavy atom. The Hall–Kier alpha value is -3.06. The van der Waals surface area contributed by atoms with E-state index in [1.807, 2.05) is 30.3 Å². The summed E-state index contributed by atoms with van der Waals surface area (Å²) in [5.74, 6) is 0. The number of rotatable bonds is 10. The fourth-order valence-electron chi connectivity index (χ4n) is 2.88. The van der Waals surface area contributed by atoms with Crippen LogP contribution in [0.25, 0.3) is 0 Å². The molecule has 0 saturated carbocycles. The van der Waals surface area contributed by atoms with Crippen LogP contribution >= 0.6 is 22.9 Å². The molecule has 0 aliphatic carbocycles. The van der Waals surface area contributed by atoms with Crippen molar-refractivity contribution >= 4 is 61.4 Å². The molecular formula is C20H21ClN6O4S2. The Balaban J connectivity index is 1.86. The summed E-state index contributed by atoms with van der Waals surface area (Å²) in [5, 5.41) is 19.2. The molecular weight excluding hydrogens is 488 g/mol. The second kappa shape index (κ2) is 10.7. The molecule has 0 aliphatic heterocycles. The fourth-order valence-corrected chi connectivity index (χ4v) is 5.55. The molecule has 0 atom stereocenters. The van der Waals surface area contributed by atoms with Gasteiger partial charge < -0.3 is 5.32 Å². The zero-order valence-corrected chi connectivity index (χ0v) is 20.1. The summed E-state index contributed by atoms with van der Waals surface area (Å²) in [6, 6.07) is 13.0. The lowest BCUT2D eigenvalue weighted by Gasteiger charge is -2.20. The van der Waals surface area contributed by atoms with Gasteiger partial charge in [-0.25, -0.2) is 13.4 Å². The number of sulfonamides is 1. The van der Waals surface area contributed by atoms with E-state index in [0.717, 1.165) is 11.8 Å². The standard InChI is InChI=1S/C20H21ClN6O4S2/c1-3-26(4-2)33(30,31)18-12-15(27(28)29)10-11-16(18)25-22-13-17-19(21)24-20(32-17)23-14-8-6-5-7-9-14/h5-13,25H,3-4H2,1-2H3,(H,23,24)/b22-13-. The highest BCUT2D eigenvalue weighted by molar-refractivity contribution is 7.89. The van der Waals surface area contributed by atoms with E-state index in [2.05, 4.69) is 20.8 Å². The number of nitrogens with zero attached hydrogens (tertiary/aromatic N) is 4. The van der Waals surface area contributed by atoms with Crippen molar-refractivity contribution in [3.05, 3.63) is 68.7 Å². The van der Waals surface area contributed by atoms with Crippen LogP contribution in [0, 0.1) is 10.1 Å². The number of non-ortho nitro benzene ring substituents is 1. The van der Waals surface area contributed by atoms with Crippen LogP contribution in [0.1, 0.15) is 18.7 Å². The van der Waals surface area contributed by atoms with Crippen LogP contribution in [-0.2, 0) is 10.0 Å². The van der Waals surface area contributed by atoms with Gasteiger partial charge >= 0.3 is 0 Å². The molecule has 13 heteroatoms. The Kier molecular flexibility index (Phi) is 7.97. The summed E-state index contributed by atoms with van der Waals surface area (Å²) in [5.41, 5.74) is 3.28. The molecule has 1 aromatic heterocycles. The molecule has 0 amide bonds. The Labute approximate surface area is 200 Å². The number of nitrogens with one attached hydrogen (secondary N) is 2. The Bertz CT molecular complexity index is 1260. The lowest BCUT2D eigenvalue weighted by molar-refractivity contribution is -0.385. The van der Waals surface area contributed by atoms with E-state index in [-0.39, 0.29) is 34.5 Å². The number of benzene rings is 2. The number of para-hydroxylation sites is 1. The van der Waals surface area contributed by atoms with Gasteiger partial charge in [0.2, 0.25) is 10.0 Å². The molecule has 0 saturated heterocycles. The molecule has 2 aromatic carbocycles. The van der Waals surface area contributed by atoms with Gasteiger partial charge in [-0.15, -0.1) is 0 Å². The van der Waals surface area contributed by atoms with Gasteiger partial charge in [0.25, 0.3) is 5.69 Å². The fraction of sp³-hybridized carbons (Fsp3) is 0.200.